The van der Waals surface area contributed by atoms with E-state index in [1.807, 2.05) is 6.07 Å². The van der Waals surface area contributed by atoms with Gasteiger partial charge in [0.15, 0.2) is 11.5 Å². The molecule has 0 fully saturated rings. The first-order chi connectivity index (χ1) is 6.81. The van der Waals surface area contributed by atoms with Gasteiger partial charge in [0.25, 0.3) is 0 Å². The lowest BCUT2D eigenvalue weighted by atomic mass is 10.1. The molecular weight excluding hydrogens is 182 g/mol. The van der Waals surface area contributed by atoms with Gasteiger partial charge in [-0.05, 0) is 30.7 Å². The van der Waals surface area contributed by atoms with Crippen molar-refractivity contribution in [1.29, 1.82) is 0 Å². The molecule has 0 radical (unpaired) electrons. The SMILES string of the molecule is NCCC(O)c1ccc2c(c1)OCO2. The molecule has 0 bridgehead atoms. The van der Waals surface area contributed by atoms with Gasteiger partial charge >= 0.3 is 0 Å². The number of rotatable bonds is 3. The molecule has 2 rings (SSSR count). The van der Waals surface area contributed by atoms with Crippen molar-refractivity contribution < 1.29 is 14.6 Å². The molecule has 0 saturated carbocycles. The highest BCUT2D eigenvalue weighted by molar-refractivity contribution is 5.45. The van der Waals surface area contributed by atoms with E-state index in [0.29, 0.717) is 18.7 Å². The fourth-order valence-corrected chi connectivity index (χ4v) is 1.44. The average Bonchev–Trinajstić information content (AvgIpc) is 2.64. The molecule has 0 spiro atoms. The normalized spacial score (nSPS) is 15.6. The number of nitrogens with two attached hydrogens (primary N) is 1. The zero-order valence-corrected chi connectivity index (χ0v) is 7.77. The van der Waals surface area contributed by atoms with E-state index < -0.39 is 6.10 Å². The van der Waals surface area contributed by atoms with E-state index >= 15 is 0 Å². The smallest absolute Gasteiger partial charge is 0.231 e. The lowest BCUT2D eigenvalue weighted by molar-refractivity contribution is 0.167. The summed E-state index contributed by atoms with van der Waals surface area (Å²) in [5, 5.41) is 9.68. The zero-order chi connectivity index (χ0) is 9.97. The van der Waals surface area contributed by atoms with Gasteiger partial charge in [0, 0.05) is 0 Å². The summed E-state index contributed by atoms with van der Waals surface area (Å²) in [4.78, 5) is 0. The third-order valence-electron chi connectivity index (χ3n) is 2.22. The number of aliphatic hydroxyl groups is 1. The van der Waals surface area contributed by atoms with Crippen LogP contribution in [-0.2, 0) is 0 Å². The molecule has 1 aliphatic heterocycles. The van der Waals surface area contributed by atoms with Crippen molar-refractivity contribution in [3.8, 4) is 11.5 Å². The average molecular weight is 195 g/mol. The van der Waals surface area contributed by atoms with E-state index in [4.69, 9.17) is 15.2 Å². The Kier molecular flexibility index (Phi) is 2.56. The lowest BCUT2D eigenvalue weighted by Gasteiger charge is -2.09. The molecule has 1 aliphatic rings. The summed E-state index contributed by atoms with van der Waals surface area (Å²) in [6.07, 6.45) is 0.0362. The fourth-order valence-electron chi connectivity index (χ4n) is 1.44. The number of hydrogen-bond acceptors (Lipinski definition) is 4. The third-order valence-corrected chi connectivity index (χ3v) is 2.22. The first-order valence-electron chi connectivity index (χ1n) is 4.59. The van der Waals surface area contributed by atoms with Crippen LogP contribution in [0.4, 0.5) is 0 Å². The van der Waals surface area contributed by atoms with E-state index in [1.54, 1.807) is 12.1 Å². The molecule has 4 nitrogen and oxygen atoms in total. The van der Waals surface area contributed by atoms with Gasteiger partial charge < -0.3 is 20.3 Å². The number of benzene rings is 1. The Labute approximate surface area is 82.2 Å². The molecule has 1 aromatic rings. The predicted octanol–water partition coefficient (Wildman–Crippen LogP) is 0.798. The first kappa shape index (κ1) is 9.30. The van der Waals surface area contributed by atoms with E-state index in [2.05, 4.69) is 0 Å². The van der Waals surface area contributed by atoms with Gasteiger partial charge in [-0.3, -0.25) is 0 Å². The molecule has 3 N–H and O–H groups in total. The van der Waals surface area contributed by atoms with E-state index in [0.717, 1.165) is 11.3 Å². The van der Waals surface area contributed by atoms with Crippen LogP contribution in [0.3, 0.4) is 0 Å². The van der Waals surface area contributed by atoms with Gasteiger partial charge in [-0.2, -0.15) is 0 Å². The van der Waals surface area contributed by atoms with Gasteiger partial charge in [0.1, 0.15) is 0 Å². The Morgan fingerprint density at radius 1 is 1.36 bits per heavy atom. The summed E-state index contributed by atoms with van der Waals surface area (Å²) in [5.74, 6) is 1.42. The van der Waals surface area contributed by atoms with Crippen LogP contribution in [-0.4, -0.2) is 18.4 Å². The largest absolute Gasteiger partial charge is 0.454 e. The van der Waals surface area contributed by atoms with Crippen molar-refractivity contribution >= 4 is 0 Å². The van der Waals surface area contributed by atoms with Crippen LogP contribution in [0, 0.1) is 0 Å². The van der Waals surface area contributed by atoms with Crippen LogP contribution < -0.4 is 15.2 Å². The molecular formula is C10H13NO3. The van der Waals surface area contributed by atoms with Gasteiger partial charge in [-0.25, -0.2) is 0 Å². The van der Waals surface area contributed by atoms with Crippen molar-refractivity contribution in [1.82, 2.24) is 0 Å². The third kappa shape index (κ3) is 1.66. The lowest BCUT2D eigenvalue weighted by Crippen LogP contribution is -2.06. The predicted molar refractivity (Wildman–Crippen MR) is 51.2 cm³/mol. The maximum Gasteiger partial charge on any atom is 0.231 e. The molecule has 0 aromatic heterocycles. The van der Waals surface area contributed by atoms with Crippen molar-refractivity contribution in [2.45, 2.75) is 12.5 Å². The molecule has 0 aliphatic carbocycles. The highest BCUT2D eigenvalue weighted by atomic mass is 16.7. The van der Waals surface area contributed by atoms with Crippen LogP contribution in [0.1, 0.15) is 18.1 Å². The first-order valence-corrected chi connectivity index (χ1v) is 4.59. The zero-order valence-electron chi connectivity index (χ0n) is 7.77. The molecule has 0 saturated heterocycles. The Bertz CT molecular complexity index is 327. The molecule has 1 atom stereocenters. The second-order valence-corrected chi connectivity index (χ2v) is 3.21. The molecule has 14 heavy (non-hydrogen) atoms. The van der Waals surface area contributed by atoms with Crippen LogP contribution in [0.5, 0.6) is 11.5 Å². The minimum absolute atomic E-state index is 0.256. The standard InChI is InChI=1S/C10H13NO3/c11-4-3-8(12)7-1-2-9-10(5-7)14-6-13-9/h1-2,5,8,12H,3-4,6,11H2. The maximum atomic E-state index is 9.68. The fraction of sp³-hybridized carbons (Fsp3) is 0.400. The summed E-state index contributed by atoms with van der Waals surface area (Å²) < 4.78 is 10.4. The quantitative estimate of drug-likeness (QED) is 0.748. The van der Waals surface area contributed by atoms with Gasteiger partial charge in [-0.1, -0.05) is 6.07 Å². The Morgan fingerprint density at radius 2 is 2.14 bits per heavy atom. The molecule has 76 valence electrons. The molecule has 1 aromatic carbocycles. The second kappa shape index (κ2) is 3.86. The summed E-state index contributed by atoms with van der Waals surface area (Å²) >= 11 is 0. The number of hydrogen-bond donors (Lipinski definition) is 2. The molecule has 1 heterocycles. The Morgan fingerprint density at radius 3 is 2.93 bits per heavy atom. The van der Waals surface area contributed by atoms with Crippen LogP contribution in [0.15, 0.2) is 18.2 Å². The van der Waals surface area contributed by atoms with Crippen LogP contribution >= 0.6 is 0 Å². The topological polar surface area (TPSA) is 64.7 Å². The second-order valence-electron chi connectivity index (χ2n) is 3.21. The highest BCUT2D eigenvalue weighted by Crippen LogP contribution is 2.34. The Hall–Kier alpha value is -1.26. The van der Waals surface area contributed by atoms with Gasteiger partial charge in [0.05, 0.1) is 6.10 Å². The Balaban J connectivity index is 2.19. The van der Waals surface area contributed by atoms with Crippen LogP contribution in [0.25, 0.3) is 0 Å². The summed E-state index contributed by atoms with van der Waals surface area (Å²) in [6, 6.07) is 5.42. The summed E-state index contributed by atoms with van der Waals surface area (Å²) in [5.41, 5.74) is 6.18. The van der Waals surface area contributed by atoms with Gasteiger partial charge in [0.2, 0.25) is 6.79 Å². The molecule has 4 heteroatoms. The monoisotopic (exact) mass is 195 g/mol. The minimum Gasteiger partial charge on any atom is -0.454 e. The van der Waals surface area contributed by atoms with Crippen molar-refractivity contribution in [3.05, 3.63) is 23.8 Å². The summed E-state index contributed by atoms with van der Waals surface area (Å²) in [6.45, 7) is 0.724. The number of aliphatic hydroxyl groups excluding tert-OH is 1. The summed E-state index contributed by atoms with van der Waals surface area (Å²) in [7, 11) is 0. The number of ether oxygens (including phenoxy) is 2. The van der Waals surface area contributed by atoms with Crippen LogP contribution in [0.2, 0.25) is 0 Å². The van der Waals surface area contributed by atoms with E-state index in [9.17, 15) is 5.11 Å². The minimum atomic E-state index is -0.519. The van der Waals surface area contributed by atoms with Crippen molar-refractivity contribution in [2.24, 2.45) is 5.73 Å². The van der Waals surface area contributed by atoms with Crippen molar-refractivity contribution in [2.75, 3.05) is 13.3 Å². The maximum absolute atomic E-state index is 9.68. The van der Waals surface area contributed by atoms with E-state index in [1.165, 1.54) is 0 Å². The van der Waals surface area contributed by atoms with Crippen molar-refractivity contribution in [3.63, 3.8) is 0 Å². The molecule has 1 unspecified atom stereocenters. The highest BCUT2D eigenvalue weighted by Gasteiger charge is 2.15. The van der Waals surface area contributed by atoms with E-state index in [-0.39, 0.29) is 6.79 Å². The molecule has 0 amide bonds. The number of fused-ring (bicyclic) bond motifs is 1. The van der Waals surface area contributed by atoms with Gasteiger partial charge in [-0.15, -0.1) is 0 Å².